The molecule has 3 aromatic rings. The van der Waals surface area contributed by atoms with Crippen LogP contribution in [0.2, 0.25) is 10.0 Å². The van der Waals surface area contributed by atoms with E-state index in [2.05, 4.69) is 10.3 Å². The lowest BCUT2D eigenvalue weighted by atomic mass is 10.2. The fourth-order valence-corrected chi connectivity index (χ4v) is 2.66. The second kappa shape index (κ2) is 7.24. The fourth-order valence-electron chi connectivity index (χ4n) is 2.33. The number of fused-ring (bicyclic) bond motifs is 1. The topological polar surface area (TPSA) is 55.1 Å². The molecule has 124 valence electrons. The molecule has 3 rings (SSSR count). The summed E-state index contributed by atoms with van der Waals surface area (Å²) >= 11 is 12.2. The van der Waals surface area contributed by atoms with Crippen LogP contribution in [0, 0.1) is 0 Å². The molecule has 1 aromatic heterocycles. The lowest BCUT2D eigenvalue weighted by molar-refractivity contribution is -0.116. The van der Waals surface area contributed by atoms with Gasteiger partial charge in [-0.15, -0.1) is 0 Å². The second-order valence-electron chi connectivity index (χ2n) is 5.48. The van der Waals surface area contributed by atoms with Gasteiger partial charge < -0.3 is 9.73 Å². The van der Waals surface area contributed by atoms with Gasteiger partial charge in [-0.3, -0.25) is 4.79 Å². The van der Waals surface area contributed by atoms with Crippen LogP contribution in [0.4, 0.5) is 5.69 Å². The molecule has 0 aliphatic carbocycles. The average molecular weight is 363 g/mol. The van der Waals surface area contributed by atoms with E-state index >= 15 is 0 Å². The molecule has 0 fully saturated rings. The SMILES string of the molecule is CCCCC(=O)Nc1cc(-c2nc3cc(Cl)ccc3o2)ccc1Cl. The summed E-state index contributed by atoms with van der Waals surface area (Å²) in [5.74, 6) is 0.397. The molecule has 24 heavy (non-hydrogen) atoms. The van der Waals surface area contributed by atoms with Crippen molar-refractivity contribution in [2.24, 2.45) is 0 Å². The molecule has 0 saturated heterocycles. The number of rotatable bonds is 5. The van der Waals surface area contributed by atoms with Gasteiger partial charge in [0.05, 0.1) is 10.7 Å². The van der Waals surface area contributed by atoms with E-state index < -0.39 is 0 Å². The van der Waals surface area contributed by atoms with E-state index in [0.717, 1.165) is 18.4 Å². The van der Waals surface area contributed by atoms with Gasteiger partial charge in [0.25, 0.3) is 0 Å². The highest BCUT2D eigenvalue weighted by molar-refractivity contribution is 6.33. The largest absolute Gasteiger partial charge is 0.436 e. The minimum Gasteiger partial charge on any atom is -0.436 e. The predicted octanol–water partition coefficient (Wildman–Crippen LogP) is 5.93. The van der Waals surface area contributed by atoms with Crippen LogP contribution >= 0.6 is 23.2 Å². The van der Waals surface area contributed by atoms with Crippen LogP contribution in [-0.4, -0.2) is 10.9 Å². The molecule has 0 bridgehead atoms. The first kappa shape index (κ1) is 16.8. The third-order valence-electron chi connectivity index (χ3n) is 3.59. The van der Waals surface area contributed by atoms with Gasteiger partial charge in [0.15, 0.2) is 5.58 Å². The number of amides is 1. The number of hydrogen-bond acceptors (Lipinski definition) is 3. The molecule has 6 heteroatoms. The number of halogens is 2. The van der Waals surface area contributed by atoms with E-state index in [1.165, 1.54) is 0 Å². The highest BCUT2D eigenvalue weighted by Crippen LogP contribution is 2.31. The maximum absolute atomic E-state index is 11.9. The first-order chi connectivity index (χ1) is 11.6. The van der Waals surface area contributed by atoms with Gasteiger partial charge in [0.1, 0.15) is 5.52 Å². The summed E-state index contributed by atoms with van der Waals surface area (Å²) in [6.45, 7) is 2.04. The number of carbonyl (C=O) groups excluding carboxylic acids is 1. The Balaban J connectivity index is 1.90. The number of anilines is 1. The molecule has 1 heterocycles. The number of unbranched alkanes of at least 4 members (excludes halogenated alkanes) is 1. The smallest absolute Gasteiger partial charge is 0.227 e. The van der Waals surface area contributed by atoms with Gasteiger partial charge in [0.2, 0.25) is 11.8 Å². The van der Waals surface area contributed by atoms with E-state index in [0.29, 0.717) is 39.1 Å². The fraction of sp³-hybridized carbons (Fsp3) is 0.222. The van der Waals surface area contributed by atoms with Gasteiger partial charge in [-0.05, 0) is 42.8 Å². The Labute approximate surface area is 149 Å². The summed E-state index contributed by atoms with van der Waals surface area (Å²) in [5.41, 5.74) is 2.62. The van der Waals surface area contributed by atoms with Crippen LogP contribution in [0.1, 0.15) is 26.2 Å². The number of carbonyl (C=O) groups is 1. The Morgan fingerprint density at radius 1 is 1.21 bits per heavy atom. The van der Waals surface area contributed by atoms with E-state index in [4.69, 9.17) is 27.6 Å². The summed E-state index contributed by atoms with van der Waals surface area (Å²) < 4.78 is 5.75. The maximum Gasteiger partial charge on any atom is 0.227 e. The van der Waals surface area contributed by atoms with E-state index in [9.17, 15) is 4.79 Å². The lowest BCUT2D eigenvalue weighted by Gasteiger charge is -2.08. The Morgan fingerprint density at radius 2 is 2.04 bits per heavy atom. The minimum absolute atomic E-state index is 0.0553. The number of nitrogens with zero attached hydrogens (tertiary/aromatic N) is 1. The predicted molar refractivity (Wildman–Crippen MR) is 97.6 cm³/mol. The van der Waals surface area contributed by atoms with E-state index in [1.54, 1.807) is 36.4 Å². The first-order valence-corrected chi connectivity index (χ1v) is 8.48. The molecular formula is C18H16Cl2N2O2. The van der Waals surface area contributed by atoms with Gasteiger partial charge >= 0.3 is 0 Å². The van der Waals surface area contributed by atoms with Crippen LogP contribution < -0.4 is 5.32 Å². The molecule has 0 unspecified atom stereocenters. The standard InChI is InChI=1S/C18H16Cl2N2O2/c1-2-3-4-17(23)21-14-9-11(5-7-13(14)20)18-22-15-10-12(19)6-8-16(15)24-18/h5-10H,2-4H2,1H3,(H,21,23). The number of hydrogen-bond donors (Lipinski definition) is 1. The number of oxazole rings is 1. The molecular weight excluding hydrogens is 347 g/mol. The lowest BCUT2D eigenvalue weighted by Crippen LogP contribution is -2.11. The van der Waals surface area contributed by atoms with E-state index in [1.807, 2.05) is 6.92 Å². The van der Waals surface area contributed by atoms with Crippen LogP contribution in [-0.2, 0) is 4.79 Å². The van der Waals surface area contributed by atoms with E-state index in [-0.39, 0.29) is 5.91 Å². The van der Waals surface area contributed by atoms with Crippen molar-refractivity contribution in [1.29, 1.82) is 0 Å². The average Bonchev–Trinajstić information content (AvgIpc) is 2.98. The van der Waals surface area contributed by atoms with Crippen LogP contribution in [0.3, 0.4) is 0 Å². The molecule has 1 amide bonds. The first-order valence-electron chi connectivity index (χ1n) is 7.72. The summed E-state index contributed by atoms with van der Waals surface area (Å²) in [5, 5.41) is 3.91. The quantitative estimate of drug-likeness (QED) is 0.611. The summed E-state index contributed by atoms with van der Waals surface area (Å²) in [6.07, 6.45) is 2.28. The zero-order valence-corrected chi connectivity index (χ0v) is 14.6. The molecule has 0 radical (unpaired) electrons. The highest BCUT2D eigenvalue weighted by atomic mass is 35.5. The van der Waals surface area contributed by atoms with Crippen LogP contribution in [0.5, 0.6) is 0 Å². The summed E-state index contributed by atoms with van der Waals surface area (Å²) in [7, 11) is 0. The summed E-state index contributed by atoms with van der Waals surface area (Å²) in [6, 6.07) is 10.5. The van der Waals surface area contributed by atoms with Crippen molar-refractivity contribution >= 4 is 45.9 Å². The van der Waals surface area contributed by atoms with Crippen molar-refractivity contribution in [3.63, 3.8) is 0 Å². The van der Waals surface area contributed by atoms with Crippen molar-refractivity contribution < 1.29 is 9.21 Å². The molecule has 0 atom stereocenters. The zero-order chi connectivity index (χ0) is 17.1. The number of benzene rings is 2. The minimum atomic E-state index is -0.0553. The van der Waals surface area contributed by atoms with Gasteiger partial charge in [-0.2, -0.15) is 0 Å². The van der Waals surface area contributed by atoms with Crippen LogP contribution in [0.15, 0.2) is 40.8 Å². The second-order valence-corrected chi connectivity index (χ2v) is 6.32. The Morgan fingerprint density at radius 3 is 2.83 bits per heavy atom. The monoisotopic (exact) mass is 362 g/mol. The molecule has 0 aliphatic heterocycles. The number of nitrogens with one attached hydrogen (secondary N) is 1. The molecule has 1 N–H and O–H groups in total. The number of aromatic nitrogens is 1. The Hall–Kier alpha value is -2.04. The summed E-state index contributed by atoms with van der Waals surface area (Å²) in [4.78, 5) is 16.4. The van der Waals surface area contributed by atoms with Crippen LogP contribution in [0.25, 0.3) is 22.6 Å². The zero-order valence-electron chi connectivity index (χ0n) is 13.1. The van der Waals surface area contributed by atoms with Crippen molar-refractivity contribution in [3.8, 4) is 11.5 Å². The molecule has 0 saturated carbocycles. The van der Waals surface area contributed by atoms with Crippen molar-refractivity contribution in [1.82, 2.24) is 4.98 Å². The molecule has 0 spiro atoms. The Kier molecular flexibility index (Phi) is 5.07. The molecule has 0 aliphatic rings. The van der Waals surface area contributed by atoms with Gasteiger partial charge in [-0.25, -0.2) is 4.98 Å². The molecule has 4 nitrogen and oxygen atoms in total. The molecule has 2 aromatic carbocycles. The maximum atomic E-state index is 11.9. The van der Waals surface area contributed by atoms with Crippen molar-refractivity contribution in [2.45, 2.75) is 26.2 Å². The third kappa shape index (κ3) is 3.71. The highest BCUT2D eigenvalue weighted by Gasteiger charge is 2.12. The third-order valence-corrected chi connectivity index (χ3v) is 4.16. The van der Waals surface area contributed by atoms with Crippen molar-refractivity contribution in [3.05, 3.63) is 46.4 Å². The van der Waals surface area contributed by atoms with Gasteiger partial charge in [0, 0.05) is 17.0 Å². The van der Waals surface area contributed by atoms with Crippen molar-refractivity contribution in [2.75, 3.05) is 5.32 Å². The normalized spacial score (nSPS) is 11.0. The van der Waals surface area contributed by atoms with Gasteiger partial charge in [-0.1, -0.05) is 36.5 Å². The Bertz CT molecular complexity index is 890.